The quantitative estimate of drug-likeness (QED) is 0.856. The van der Waals surface area contributed by atoms with Crippen LogP contribution in [0.3, 0.4) is 0 Å². The van der Waals surface area contributed by atoms with Crippen LogP contribution < -0.4 is 5.32 Å². The Morgan fingerprint density at radius 1 is 1.32 bits per heavy atom. The van der Waals surface area contributed by atoms with E-state index in [4.69, 9.17) is 4.74 Å². The van der Waals surface area contributed by atoms with E-state index >= 15 is 0 Å². The number of alkyl carbamates (subject to hydrolysis) is 1. The Balaban J connectivity index is 1.69. The van der Waals surface area contributed by atoms with Gasteiger partial charge in [-0.1, -0.05) is 44.2 Å². The highest BCUT2D eigenvalue weighted by molar-refractivity contribution is 5.67. The molecule has 1 aromatic carbocycles. The van der Waals surface area contributed by atoms with Gasteiger partial charge in [-0.2, -0.15) is 0 Å². The predicted octanol–water partition coefficient (Wildman–Crippen LogP) is 2.18. The molecule has 1 aromatic rings. The van der Waals surface area contributed by atoms with Gasteiger partial charge in [-0.3, -0.25) is 0 Å². The number of carbonyl (C=O) groups excluding carboxylic acids is 1. The zero-order valence-electron chi connectivity index (χ0n) is 11.4. The van der Waals surface area contributed by atoms with Gasteiger partial charge in [0.05, 0.1) is 0 Å². The van der Waals surface area contributed by atoms with Gasteiger partial charge in [-0.15, -0.1) is 0 Å². The highest BCUT2D eigenvalue weighted by atomic mass is 16.5. The lowest BCUT2D eigenvalue weighted by atomic mass is 10.1. The molecule has 1 saturated carbocycles. The molecule has 1 aliphatic rings. The van der Waals surface area contributed by atoms with Crippen molar-refractivity contribution in [3.63, 3.8) is 0 Å². The summed E-state index contributed by atoms with van der Waals surface area (Å²) in [4.78, 5) is 11.6. The van der Waals surface area contributed by atoms with Crippen molar-refractivity contribution >= 4 is 6.09 Å². The van der Waals surface area contributed by atoms with Crippen LogP contribution in [0.15, 0.2) is 30.3 Å². The number of ether oxygens (including phenoxy) is 1. The molecule has 0 heterocycles. The zero-order valence-corrected chi connectivity index (χ0v) is 11.4. The molecule has 4 nitrogen and oxygen atoms in total. The molecule has 1 amide bonds. The van der Waals surface area contributed by atoms with Crippen molar-refractivity contribution in [2.75, 3.05) is 13.2 Å². The van der Waals surface area contributed by atoms with Crippen LogP contribution in [-0.2, 0) is 11.3 Å². The molecular formula is C15H21NO3. The fourth-order valence-electron chi connectivity index (χ4n) is 2.59. The van der Waals surface area contributed by atoms with Gasteiger partial charge in [0.15, 0.2) is 0 Å². The Morgan fingerprint density at radius 2 is 2.00 bits per heavy atom. The van der Waals surface area contributed by atoms with E-state index in [0.29, 0.717) is 12.5 Å². The lowest BCUT2D eigenvalue weighted by molar-refractivity contribution is 0.138. The molecular weight excluding hydrogens is 242 g/mol. The molecule has 1 aliphatic carbocycles. The standard InChI is InChI=1S/C15H21NO3/c1-15(2)12(13(15)9-17)8-16-14(18)19-10-11-6-4-3-5-7-11/h3-7,12-13,17H,8-10H2,1-2H3,(H,16,18)/t12?,13-/m1/s1. The van der Waals surface area contributed by atoms with Crippen LogP contribution in [0.25, 0.3) is 0 Å². The summed E-state index contributed by atoms with van der Waals surface area (Å²) in [6.45, 7) is 5.24. The van der Waals surface area contributed by atoms with Gasteiger partial charge in [-0.25, -0.2) is 4.79 Å². The largest absolute Gasteiger partial charge is 0.445 e. The lowest BCUT2D eigenvalue weighted by Gasteiger charge is -2.07. The molecule has 0 radical (unpaired) electrons. The van der Waals surface area contributed by atoms with Crippen molar-refractivity contribution in [2.45, 2.75) is 20.5 Å². The van der Waals surface area contributed by atoms with E-state index in [2.05, 4.69) is 19.2 Å². The van der Waals surface area contributed by atoms with Crippen molar-refractivity contribution < 1.29 is 14.6 Å². The molecule has 1 unspecified atom stereocenters. The zero-order chi connectivity index (χ0) is 13.9. The fourth-order valence-corrected chi connectivity index (χ4v) is 2.59. The molecule has 104 valence electrons. The first-order valence-corrected chi connectivity index (χ1v) is 6.61. The first-order valence-electron chi connectivity index (χ1n) is 6.61. The summed E-state index contributed by atoms with van der Waals surface area (Å²) in [5.41, 5.74) is 1.08. The second kappa shape index (κ2) is 5.61. The smallest absolute Gasteiger partial charge is 0.407 e. The van der Waals surface area contributed by atoms with Crippen molar-refractivity contribution in [3.05, 3.63) is 35.9 Å². The maximum atomic E-state index is 11.6. The third-order valence-corrected chi connectivity index (χ3v) is 4.16. The second-order valence-electron chi connectivity index (χ2n) is 5.66. The fraction of sp³-hybridized carbons (Fsp3) is 0.533. The van der Waals surface area contributed by atoms with E-state index in [0.717, 1.165) is 5.56 Å². The van der Waals surface area contributed by atoms with E-state index in [-0.39, 0.29) is 24.5 Å². The highest BCUT2D eigenvalue weighted by Gasteiger charge is 2.56. The minimum atomic E-state index is -0.400. The first-order chi connectivity index (χ1) is 9.05. The van der Waals surface area contributed by atoms with Gasteiger partial charge in [0.1, 0.15) is 6.61 Å². The summed E-state index contributed by atoms with van der Waals surface area (Å²) >= 11 is 0. The van der Waals surface area contributed by atoms with E-state index in [1.54, 1.807) is 0 Å². The molecule has 0 aliphatic heterocycles. The van der Waals surface area contributed by atoms with Crippen LogP contribution in [0.5, 0.6) is 0 Å². The average Bonchev–Trinajstić information content (AvgIpc) is 2.95. The molecule has 2 N–H and O–H groups in total. The van der Waals surface area contributed by atoms with Gasteiger partial charge >= 0.3 is 6.09 Å². The van der Waals surface area contributed by atoms with E-state index in [9.17, 15) is 9.90 Å². The third kappa shape index (κ3) is 3.26. The van der Waals surface area contributed by atoms with Gasteiger partial charge < -0.3 is 15.2 Å². The maximum Gasteiger partial charge on any atom is 0.407 e. The number of nitrogens with one attached hydrogen (secondary N) is 1. The van der Waals surface area contributed by atoms with Gasteiger partial charge in [0, 0.05) is 13.2 Å². The highest BCUT2D eigenvalue weighted by Crippen LogP contribution is 2.57. The number of benzene rings is 1. The summed E-state index contributed by atoms with van der Waals surface area (Å²) in [6, 6.07) is 9.58. The number of aliphatic hydroxyl groups is 1. The maximum absolute atomic E-state index is 11.6. The average molecular weight is 263 g/mol. The minimum absolute atomic E-state index is 0.113. The van der Waals surface area contributed by atoms with Crippen LogP contribution in [0.2, 0.25) is 0 Å². The van der Waals surface area contributed by atoms with Crippen molar-refractivity contribution in [2.24, 2.45) is 17.3 Å². The summed E-state index contributed by atoms with van der Waals surface area (Å²) in [5.74, 6) is 0.615. The summed E-state index contributed by atoms with van der Waals surface area (Å²) in [7, 11) is 0. The summed E-state index contributed by atoms with van der Waals surface area (Å²) in [5, 5.41) is 11.9. The number of hydrogen-bond donors (Lipinski definition) is 2. The molecule has 0 saturated heterocycles. The Hall–Kier alpha value is -1.55. The monoisotopic (exact) mass is 263 g/mol. The summed E-state index contributed by atoms with van der Waals surface area (Å²) < 4.78 is 5.13. The molecule has 1 fully saturated rings. The molecule has 0 bridgehead atoms. The van der Waals surface area contributed by atoms with Crippen molar-refractivity contribution in [1.82, 2.24) is 5.32 Å². The van der Waals surface area contributed by atoms with Crippen molar-refractivity contribution in [3.8, 4) is 0 Å². The number of rotatable bonds is 5. The Kier molecular flexibility index (Phi) is 4.10. The number of aliphatic hydroxyl groups excluding tert-OH is 1. The predicted molar refractivity (Wildman–Crippen MR) is 72.5 cm³/mol. The van der Waals surface area contributed by atoms with E-state index in [1.807, 2.05) is 30.3 Å². The Bertz CT molecular complexity index is 430. The van der Waals surface area contributed by atoms with E-state index < -0.39 is 6.09 Å². The molecule has 19 heavy (non-hydrogen) atoms. The minimum Gasteiger partial charge on any atom is -0.445 e. The third-order valence-electron chi connectivity index (χ3n) is 4.16. The molecule has 4 heteroatoms. The topological polar surface area (TPSA) is 58.6 Å². The Morgan fingerprint density at radius 3 is 2.58 bits per heavy atom. The first kappa shape index (κ1) is 13.9. The van der Waals surface area contributed by atoms with Gasteiger partial charge in [0.25, 0.3) is 0 Å². The Labute approximate surface area is 113 Å². The number of carbonyl (C=O) groups is 1. The van der Waals surface area contributed by atoms with E-state index in [1.165, 1.54) is 0 Å². The molecule has 2 atom stereocenters. The normalized spacial score (nSPS) is 23.7. The van der Waals surface area contributed by atoms with Crippen LogP contribution in [-0.4, -0.2) is 24.4 Å². The number of hydrogen-bond acceptors (Lipinski definition) is 3. The summed E-state index contributed by atoms with van der Waals surface area (Å²) in [6.07, 6.45) is -0.400. The van der Waals surface area contributed by atoms with Crippen LogP contribution >= 0.6 is 0 Å². The van der Waals surface area contributed by atoms with Crippen LogP contribution in [0, 0.1) is 17.3 Å². The molecule has 0 spiro atoms. The second-order valence-corrected chi connectivity index (χ2v) is 5.66. The molecule has 2 rings (SSSR count). The van der Waals surface area contributed by atoms with Gasteiger partial charge in [0.2, 0.25) is 0 Å². The van der Waals surface area contributed by atoms with Crippen LogP contribution in [0.1, 0.15) is 19.4 Å². The van der Waals surface area contributed by atoms with Crippen molar-refractivity contribution in [1.29, 1.82) is 0 Å². The molecule has 0 aromatic heterocycles. The van der Waals surface area contributed by atoms with Crippen LogP contribution in [0.4, 0.5) is 4.79 Å². The number of amides is 1. The van der Waals surface area contributed by atoms with Gasteiger partial charge in [-0.05, 0) is 22.8 Å². The SMILES string of the molecule is CC1(C)C(CNC(=O)OCc2ccccc2)[C@H]1CO. The lowest BCUT2D eigenvalue weighted by Crippen LogP contribution is -2.27.